The quantitative estimate of drug-likeness (QED) is 0.788. The fourth-order valence-electron chi connectivity index (χ4n) is 2.36. The molecule has 2 N–H and O–H groups in total. The number of hydrogen-bond acceptors (Lipinski definition) is 2. The van der Waals surface area contributed by atoms with E-state index in [0.717, 1.165) is 31.5 Å². The second kappa shape index (κ2) is 3.91. The number of rotatable bonds is 2. The molecule has 16 heavy (non-hydrogen) atoms. The Morgan fingerprint density at radius 1 is 1.31 bits per heavy atom. The van der Waals surface area contributed by atoms with E-state index in [0.29, 0.717) is 6.04 Å². The Morgan fingerprint density at radius 3 is 2.94 bits per heavy atom. The van der Waals surface area contributed by atoms with Crippen LogP contribution < -0.4 is 10.6 Å². The minimum Gasteiger partial charge on any atom is -0.349 e. The summed E-state index contributed by atoms with van der Waals surface area (Å²) in [5, 5.41) is 6.38. The molecule has 0 spiro atoms. The highest BCUT2D eigenvalue weighted by atomic mass is 16.1. The van der Waals surface area contributed by atoms with Gasteiger partial charge in [-0.15, -0.1) is 0 Å². The number of nitrogens with one attached hydrogen (secondary N) is 2. The Labute approximate surface area is 95.2 Å². The number of fused-ring (bicyclic) bond motifs is 1. The molecule has 0 aromatic heterocycles. The highest BCUT2D eigenvalue weighted by Gasteiger charge is 2.23. The molecule has 1 aliphatic heterocycles. The molecule has 0 radical (unpaired) electrons. The number of carbonyl (C=O) groups is 1. The minimum absolute atomic E-state index is 0.102. The van der Waals surface area contributed by atoms with Gasteiger partial charge in [-0.25, -0.2) is 0 Å². The molecule has 1 aromatic carbocycles. The maximum absolute atomic E-state index is 12.1. The van der Waals surface area contributed by atoms with Crippen LogP contribution in [0.15, 0.2) is 18.2 Å². The predicted octanol–water partition coefficient (Wildman–Crippen LogP) is 1.57. The zero-order chi connectivity index (χ0) is 11.0. The summed E-state index contributed by atoms with van der Waals surface area (Å²) < 4.78 is 0. The van der Waals surface area contributed by atoms with Crippen molar-refractivity contribution >= 4 is 5.91 Å². The number of carbonyl (C=O) groups excluding carboxylic acids is 1. The van der Waals surface area contributed by atoms with Crippen molar-refractivity contribution in [3.8, 4) is 0 Å². The topological polar surface area (TPSA) is 41.1 Å². The van der Waals surface area contributed by atoms with Crippen LogP contribution in [0.2, 0.25) is 0 Å². The van der Waals surface area contributed by atoms with Gasteiger partial charge in [0.2, 0.25) is 0 Å². The van der Waals surface area contributed by atoms with Crippen molar-refractivity contribution in [2.24, 2.45) is 0 Å². The Hall–Kier alpha value is -1.35. The van der Waals surface area contributed by atoms with Crippen LogP contribution in [-0.2, 0) is 13.1 Å². The monoisotopic (exact) mass is 216 g/mol. The summed E-state index contributed by atoms with van der Waals surface area (Å²) in [6.07, 6.45) is 3.53. The van der Waals surface area contributed by atoms with Gasteiger partial charge in [0.15, 0.2) is 0 Å². The highest BCUT2D eigenvalue weighted by molar-refractivity contribution is 5.96. The summed E-state index contributed by atoms with van der Waals surface area (Å²) >= 11 is 0. The third kappa shape index (κ3) is 1.61. The van der Waals surface area contributed by atoms with Crippen molar-refractivity contribution in [3.05, 3.63) is 34.9 Å². The van der Waals surface area contributed by atoms with E-state index in [9.17, 15) is 4.79 Å². The molecule has 1 fully saturated rings. The van der Waals surface area contributed by atoms with Crippen LogP contribution in [0.5, 0.6) is 0 Å². The van der Waals surface area contributed by atoms with Gasteiger partial charge in [-0.1, -0.05) is 12.1 Å². The Morgan fingerprint density at radius 2 is 2.19 bits per heavy atom. The molecule has 1 saturated carbocycles. The number of hydrogen-bond donors (Lipinski definition) is 2. The first kappa shape index (κ1) is 9.85. The predicted molar refractivity (Wildman–Crippen MR) is 62.1 cm³/mol. The van der Waals surface area contributed by atoms with Crippen LogP contribution in [-0.4, -0.2) is 11.9 Å². The molecule has 3 heteroatoms. The van der Waals surface area contributed by atoms with E-state index < -0.39 is 0 Å². The van der Waals surface area contributed by atoms with E-state index in [1.807, 2.05) is 12.1 Å². The molecular formula is C13H16N2O. The van der Waals surface area contributed by atoms with Gasteiger partial charge in [0.25, 0.3) is 5.91 Å². The van der Waals surface area contributed by atoms with Crippen LogP contribution in [0.4, 0.5) is 0 Å². The first-order chi connectivity index (χ1) is 7.84. The standard InChI is InChI=1S/C13H16N2O/c16-13(15-10-4-2-5-10)11-6-1-3-9-7-14-8-12(9)11/h1,3,6,10,14H,2,4-5,7-8H2,(H,15,16). The lowest BCUT2D eigenvalue weighted by atomic mass is 9.92. The molecule has 0 bridgehead atoms. The highest BCUT2D eigenvalue weighted by Crippen LogP contribution is 2.22. The Bertz CT molecular complexity index is 424. The van der Waals surface area contributed by atoms with Crippen molar-refractivity contribution in [1.29, 1.82) is 0 Å². The zero-order valence-electron chi connectivity index (χ0n) is 9.25. The van der Waals surface area contributed by atoms with Crippen molar-refractivity contribution in [1.82, 2.24) is 10.6 Å². The van der Waals surface area contributed by atoms with E-state index in [1.54, 1.807) is 0 Å². The van der Waals surface area contributed by atoms with Gasteiger partial charge in [-0.2, -0.15) is 0 Å². The van der Waals surface area contributed by atoms with Crippen LogP contribution in [0.3, 0.4) is 0 Å². The smallest absolute Gasteiger partial charge is 0.251 e. The second-order valence-corrected chi connectivity index (χ2v) is 4.65. The molecule has 3 nitrogen and oxygen atoms in total. The normalized spacial score (nSPS) is 19.0. The van der Waals surface area contributed by atoms with Gasteiger partial charge in [0.1, 0.15) is 0 Å². The van der Waals surface area contributed by atoms with Gasteiger partial charge >= 0.3 is 0 Å². The molecule has 1 heterocycles. The molecule has 0 saturated heterocycles. The molecule has 1 aliphatic carbocycles. The molecule has 2 aliphatic rings. The lowest BCUT2D eigenvalue weighted by Crippen LogP contribution is -2.39. The number of amides is 1. The van der Waals surface area contributed by atoms with Crippen molar-refractivity contribution < 1.29 is 4.79 Å². The molecule has 84 valence electrons. The van der Waals surface area contributed by atoms with Gasteiger partial charge in [0.05, 0.1) is 0 Å². The summed E-state index contributed by atoms with van der Waals surface area (Å²) in [6, 6.07) is 6.41. The molecular weight excluding hydrogens is 200 g/mol. The maximum Gasteiger partial charge on any atom is 0.251 e. The molecule has 3 rings (SSSR count). The lowest BCUT2D eigenvalue weighted by molar-refractivity contribution is 0.0916. The van der Waals surface area contributed by atoms with Gasteiger partial charge in [-0.3, -0.25) is 4.79 Å². The summed E-state index contributed by atoms with van der Waals surface area (Å²) in [4.78, 5) is 12.1. The SMILES string of the molecule is O=C(NC1CCC1)c1cccc2c1CNC2. The van der Waals surface area contributed by atoms with E-state index >= 15 is 0 Å². The average Bonchev–Trinajstić information content (AvgIpc) is 2.70. The van der Waals surface area contributed by atoms with Gasteiger partial charge in [-0.05, 0) is 36.5 Å². The van der Waals surface area contributed by atoms with Crippen molar-refractivity contribution in [3.63, 3.8) is 0 Å². The molecule has 0 atom stereocenters. The van der Waals surface area contributed by atoms with E-state index in [1.165, 1.54) is 17.5 Å². The van der Waals surface area contributed by atoms with Crippen molar-refractivity contribution in [2.75, 3.05) is 0 Å². The number of benzene rings is 1. The summed E-state index contributed by atoms with van der Waals surface area (Å²) in [5.41, 5.74) is 3.30. The molecule has 0 unspecified atom stereocenters. The molecule has 1 aromatic rings. The lowest BCUT2D eigenvalue weighted by Gasteiger charge is -2.26. The fourth-order valence-corrected chi connectivity index (χ4v) is 2.36. The fraction of sp³-hybridized carbons (Fsp3) is 0.462. The first-order valence-electron chi connectivity index (χ1n) is 5.97. The summed E-state index contributed by atoms with van der Waals surface area (Å²) in [7, 11) is 0. The minimum atomic E-state index is 0.102. The molecule has 1 amide bonds. The van der Waals surface area contributed by atoms with Crippen LogP contribution in [0.1, 0.15) is 40.7 Å². The van der Waals surface area contributed by atoms with Gasteiger partial charge < -0.3 is 10.6 Å². The third-order valence-electron chi connectivity index (χ3n) is 3.58. The van der Waals surface area contributed by atoms with Crippen LogP contribution >= 0.6 is 0 Å². The summed E-state index contributed by atoms with van der Waals surface area (Å²) in [6.45, 7) is 1.71. The third-order valence-corrected chi connectivity index (χ3v) is 3.58. The van der Waals surface area contributed by atoms with E-state index in [2.05, 4.69) is 16.7 Å². The first-order valence-corrected chi connectivity index (χ1v) is 5.97. The Balaban J connectivity index is 1.82. The average molecular weight is 216 g/mol. The van der Waals surface area contributed by atoms with Crippen molar-refractivity contribution in [2.45, 2.75) is 38.4 Å². The second-order valence-electron chi connectivity index (χ2n) is 4.65. The van der Waals surface area contributed by atoms with E-state index in [4.69, 9.17) is 0 Å². The Kier molecular flexibility index (Phi) is 2.40. The maximum atomic E-state index is 12.1. The van der Waals surface area contributed by atoms with Crippen LogP contribution in [0, 0.1) is 0 Å². The van der Waals surface area contributed by atoms with Crippen LogP contribution in [0.25, 0.3) is 0 Å². The van der Waals surface area contributed by atoms with Gasteiger partial charge in [0, 0.05) is 24.7 Å². The zero-order valence-corrected chi connectivity index (χ0v) is 9.25. The largest absolute Gasteiger partial charge is 0.349 e. The summed E-state index contributed by atoms with van der Waals surface area (Å²) in [5.74, 6) is 0.102. The van der Waals surface area contributed by atoms with E-state index in [-0.39, 0.29) is 5.91 Å².